The van der Waals surface area contributed by atoms with Gasteiger partial charge < -0.3 is 20.5 Å². The van der Waals surface area contributed by atoms with Crippen LogP contribution in [0.4, 0.5) is 4.79 Å². The van der Waals surface area contributed by atoms with Crippen LogP contribution in [-0.4, -0.2) is 40.2 Å². The molecule has 0 saturated heterocycles. The lowest BCUT2D eigenvalue weighted by Crippen LogP contribution is -2.49. The predicted molar refractivity (Wildman–Crippen MR) is 123 cm³/mol. The summed E-state index contributed by atoms with van der Waals surface area (Å²) in [6, 6.07) is 16.2. The van der Waals surface area contributed by atoms with Crippen LogP contribution in [0.15, 0.2) is 54.7 Å². The molecule has 0 saturated carbocycles. The highest BCUT2D eigenvalue weighted by molar-refractivity contribution is 7.13. The monoisotopic (exact) mass is 465 g/mol. The Kier molecular flexibility index (Phi) is 6.15. The number of carbonyl (C=O) groups excluding carboxylic acids is 2. The number of rotatable bonds is 7. The van der Waals surface area contributed by atoms with Crippen molar-refractivity contribution >= 4 is 29.3 Å². The number of ether oxygens (including phenoxy) is 1. The predicted octanol–water partition coefficient (Wildman–Crippen LogP) is 3.77. The van der Waals surface area contributed by atoms with E-state index in [0.29, 0.717) is 5.01 Å². The molecule has 3 aromatic rings. The summed E-state index contributed by atoms with van der Waals surface area (Å²) in [6.07, 6.45) is 0.775. The number of carboxylic acid groups (broad SMARTS) is 1. The third kappa shape index (κ3) is 4.73. The maximum Gasteiger partial charge on any atom is 0.407 e. The molecule has 0 spiro atoms. The standard InChI is InChI=1S/C24H23N3O5S/c1-24(2,22(29)30)27-21(28)19-11-25-20(33-19)12-26-23(31)32-13-18-16-9-5-3-7-14(16)15-8-4-6-10-17(15)18/h3-11,18H,12-13H2,1-2H3,(H,26,31)(H,27,28)(H,29,30). The van der Waals surface area contributed by atoms with Gasteiger partial charge in [-0.25, -0.2) is 14.6 Å². The average molecular weight is 466 g/mol. The van der Waals surface area contributed by atoms with Crippen LogP contribution in [0, 0.1) is 0 Å². The molecule has 0 radical (unpaired) electrons. The Balaban J connectivity index is 1.32. The highest BCUT2D eigenvalue weighted by atomic mass is 32.1. The van der Waals surface area contributed by atoms with E-state index in [1.165, 1.54) is 20.0 Å². The van der Waals surface area contributed by atoms with E-state index >= 15 is 0 Å². The van der Waals surface area contributed by atoms with Crippen LogP contribution in [0.2, 0.25) is 0 Å². The molecule has 2 amide bonds. The van der Waals surface area contributed by atoms with Gasteiger partial charge in [-0.1, -0.05) is 48.5 Å². The fourth-order valence-corrected chi connectivity index (χ4v) is 4.45. The Labute approximate surface area is 194 Å². The minimum Gasteiger partial charge on any atom is -0.480 e. The summed E-state index contributed by atoms with van der Waals surface area (Å²) in [6.45, 7) is 3.09. The molecule has 0 fully saturated rings. The number of carboxylic acids is 1. The number of hydrogen-bond acceptors (Lipinski definition) is 6. The largest absolute Gasteiger partial charge is 0.480 e. The number of alkyl carbamates (subject to hydrolysis) is 1. The van der Waals surface area contributed by atoms with E-state index in [2.05, 4.69) is 39.9 Å². The molecule has 1 aromatic heterocycles. The van der Waals surface area contributed by atoms with Crippen molar-refractivity contribution in [2.24, 2.45) is 0 Å². The zero-order chi connectivity index (χ0) is 23.6. The van der Waals surface area contributed by atoms with Gasteiger partial charge in [0.15, 0.2) is 0 Å². The first kappa shape index (κ1) is 22.5. The molecule has 0 bridgehead atoms. The zero-order valence-corrected chi connectivity index (χ0v) is 18.9. The third-order valence-corrected chi connectivity index (χ3v) is 6.46. The van der Waals surface area contributed by atoms with E-state index in [-0.39, 0.29) is 23.9 Å². The molecule has 170 valence electrons. The van der Waals surface area contributed by atoms with Crippen molar-refractivity contribution in [2.45, 2.75) is 31.8 Å². The molecule has 3 N–H and O–H groups in total. The van der Waals surface area contributed by atoms with Gasteiger partial charge in [-0.05, 0) is 36.1 Å². The molecule has 0 atom stereocenters. The molecule has 2 aromatic carbocycles. The quantitative estimate of drug-likeness (QED) is 0.489. The topological polar surface area (TPSA) is 118 Å². The van der Waals surface area contributed by atoms with Crippen LogP contribution in [0.1, 0.15) is 45.6 Å². The minimum atomic E-state index is -1.40. The summed E-state index contributed by atoms with van der Waals surface area (Å²) in [7, 11) is 0. The Bertz CT molecular complexity index is 1170. The molecule has 4 rings (SSSR count). The Morgan fingerprint density at radius 3 is 2.27 bits per heavy atom. The number of aromatic nitrogens is 1. The van der Waals surface area contributed by atoms with Crippen molar-refractivity contribution in [3.8, 4) is 11.1 Å². The van der Waals surface area contributed by atoms with Gasteiger partial charge >= 0.3 is 12.1 Å². The summed E-state index contributed by atoms with van der Waals surface area (Å²) in [5.74, 6) is -1.71. The number of aliphatic carboxylic acids is 1. The highest BCUT2D eigenvalue weighted by Crippen LogP contribution is 2.44. The number of amides is 2. The molecule has 1 heterocycles. The van der Waals surface area contributed by atoms with Crippen molar-refractivity contribution in [3.63, 3.8) is 0 Å². The average Bonchev–Trinajstić information content (AvgIpc) is 3.39. The lowest BCUT2D eigenvalue weighted by molar-refractivity contribution is -0.143. The molecular weight excluding hydrogens is 442 g/mol. The first-order valence-electron chi connectivity index (χ1n) is 10.4. The molecule has 1 aliphatic rings. The SMILES string of the molecule is CC(C)(NC(=O)c1cnc(CNC(=O)OCC2c3ccccc3-c3ccccc32)s1)C(=O)O. The molecule has 9 heteroatoms. The summed E-state index contributed by atoms with van der Waals surface area (Å²) in [5.41, 5.74) is 3.17. The van der Waals surface area contributed by atoms with Crippen molar-refractivity contribution < 1.29 is 24.2 Å². The van der Waals surface area contributed by atoms with Crippen molar-refractivity contribution in [1.29, 1.82) is 0 Å². The number of nitrogens with zero attached hydrogens (tertiary/aromatic N) is 1. The van der Waals surface area contributed by atoms with Crippen LogP contribution in [0.5, 0.6) is 0 Å². The molecule has 8 nitrogen and oxygen atoms in total. The van der Waals surface area contributed by atoms with Gasteiger partial charge in [0.2, 0.25) is 0 Å². The third-order valence-electron chi connectivity index (χ3n) is 5.47. The summed E-state index contributed by atoms with van der Waals surface area (Å²) >= 11 is 1.07. The van der Waals surface area contributed by atoms with E-state index in [4.69, 9.17) is 9.84 Å². The van der Waals surface area contributed by atoms with E-state index in [9.17, 15) is 14.4 Å². The number of thiazole rings is 1. The first-order chi connectivity index (χ1) is 15.8. The molecule has 1 aliphatic carbocycles. The van der Waals surface area contributed by atoms with Crippen LogP contribution in [-0.2, 0) is 16.1 Å². The highest BCUT2D eigenvalue weighted by Gasteiger charge is 2.30. The van der Waals surface area contributed by atoms with Crippen LogP contribution in [0.3, 0.4) is 0 Å². The van der Waals surface area contributed by atoms with Gasteiger partial charge in [0.1, 0.15) is 22.0 Å². The Morgan fingerprint density at radius 2 is 1.67 bits per heavy atom. The normalized spacial score (nSPS) is 12.5. The summed E-state index contributed by atoms with van der Waals surface area (Å²) in [4.78, 5) is 40.1. The van der Waals surface area contributed by atoms with Crippen molar-refractivity contribution in [1.82, 2.24) is 15.6 Å². The van der Waals surface area contributed by atoms with E-state index in [0.717, 1.165) is 33.6 Å². The zero-order valence-electron chi connectivity index (χ0n) is 18.1. The fourth-order valence-electron chi connectivity index (χ4n) is 3.69. The second-order valence-corrected chi connectivity index (χ2v) is 9.30. The number of hydrogen-bond donors (Lipinski definition) is 3. The van der Waals surface area contributed by atoms with Crippen LogP contribution >= 0.6 is 11.3 Å². The Morgan fingerprint density at radius 1 is 1.06 bits per heavy atom. The van der Waals surface area contributed by atoms with Crippen LogP contribution in [0.25, 0.3) is 11.1 Å². The van der Waals surface area contributed by atoms with Gasteiger partial charge in [0.05, 0.1) is 12.7 Å². The number of fused-ring (bicyclic) bond motifs is 3. The number of benzene rings is 2. The van der Waals surface area contributed by atoms with E-state index in [1.54, 1.807) is 0 Å². The molecular formula is C24H23N3O5S. The summed E-state index contributed by atoms with van der Waals surface area (Å²) in [5, 5.41) is 14.7. The van der Waals surface area contributed by atoms with Gasteiger partial charge in [-0.2, -0.15) is 0 Å². The van der Waals surface area contributed by atoms with E-state index in [1.807, 2.05) is 24.3 Å². The minimum absolute atomic E-state index is 0.0316. The fraction of sp³-hybridized carbons (Fsp3) is 0.250. The smallest absolute Gasteiger partial charge is 0.407 e. The first-order valence-corrected chi connectivity index (χ1v) is 11.2. The molecule has 0 unspecified atom stereocenters. The second-order valence-electron chi connectivity index (χ2n) is 8.18. The maximum atomic E-state index is 12.3. The van der Waals surface area contributed by atoms with Crippen molar-refractivity contribution in [3.05, 3.63) is 75.7 Å². The van der Waals surface area contributed by atoms with Gasteiger partial charge in [-0.15, -0.1) is 11.3 Å². The molecule has 0 aliphatic heterocycles. The van der Waals surface area contributed by atoms with Gasteiger partial charge in [0.25, 0.3) is 5.91 Å². The summed E-state index contributed by atoms with van der Waals surface area (Å²) < 4.78 is 5.49. The number of carbonyl (C=O) groups is 3. The van der Waals surface area contributed by atoms with Gasteiger partial charge in [-0.3, -0.25) is 4.79 Å². The van der Waals surface area contributed by atoms with Gasteiger partial charge in [0, 0.05) is 5.92 Å². The molecule has 33 heavy (non-hydrogen) atoms. The lowest BCUT2D eigenvalue weighted by atomic mass is 9.98. The van der Waals surface area contributed by atoms with Crippen molar-refractivity contribution in [2.75, 3.05) is 6.61 Å². The van der Waals surface area contributed by atoms with E-state index < -0.39 is 23.5 Å². The lowest BCUT2D eigenvalue weighted by Gasteiger charge is -2.20. The second kappa shape index (κ2) is 9.03. The maximum absolute atomic E-state index is 12.3. The number of nitrogens with one attached hydrogen (secondary N) is 2. The van der Waals surface area contributed by atoms with Crippen LogP contribution < -0.4 is 10.6 Å². The Hall–Kier alpha value is -3.72.